The minimum Gasteiger partial charge on any atom is -0.493 e. The first-order valence-corrected chi connectivity index (χ1v) is 13.6. The summed E-state index contributed by atoms with van der Waals surface area (Å²) in [5, 5.41) is 3.56. The summed E-state index contributed by atoms with van der Waals surface area (Å²) in [7, 11) is 0. The Hall–Kier alpha value is -3.31. The molecule has 6 heteroatoms. The predicted octanol–water partition coefficient (Wildman–Crippen LogP) is 7.31. The minimum atomic E-state index is -0.0779. The summed E-state index contributed by atoms with van der Waals surface area (Å²) in [4.78, 5) is 17.2. The molecule has 1 N–H and O–H groups in total. The SMILES string of the molecule is Cc1ccc(C)c(OCCCCn2c(CCCCCNC(=O)c3cccc(Cl)c3)nc3ccccc32)c1. The Bertz CT molecular complexity index is 1330. The second-order valence-corrected chi connectivity index (χ2v) is 10.0. The zero-order chi connectivity index (χ0) is 26.0. The van der Waals surface area contributed by atoms with E-state index in [-0.39, 0.29) is 5.91 Å². The van der Waals surface area contributed by atoms with Crippen LogP contribution in [0.25, 0.3) is 11.0 Å². The highest BCUT2D eigenvalue weighted by Gasteiger charge is 2.11. The van der Waals surface area contributed by atoms with Gasteiger partial charge in [-0.2, -0.15) is 0 Å². The molecule has 1 amide bonds. The maximum Gasteiger partial charge on any atom is 0.251 e. The molecule has 0 saturated carbocycles. The summed E-state index contributed by atoms with van der Waals surface area (Å²) in [5.74, 6) is 2.04. The second-order valence-electron chi connectivity index (χ2n) is 9.57. The number of carbonyl (C=O) groups is 1. The number of hydrogen-bond acceptors (Lipinski definition) is 3. The maximum atomic E-state index is 12.3. The van der Waals surface area contributed by atoms with Gasteiger partial charge >= 0.3 is 0 Å². The maximum absolute atomic E-state index is 12.3. The second kappa shape index (κ2) is 13.3. The molecule has 4 aromatic rings. The van der Waals surface area contributed by atoms with Crippen LogP contribution in [-0.2, 0) is 13.0 Å². The molecule has 1 aromatic heterocycles. The third-order valence-electron chi connectivity index (χ3n) is 6.56. The van der Waals surface area contributed by atoms with Gasteiger partial charge in [0, 0.05) is 30.1 Å². The molecule has 0 aliphatic heterocycles. The number of nitrogens with zero attached hydrogens (tertiary/aromatic N) is 2. The number of nitrogens with one attached hydrogen (secondary N) is 1. The van der Waals surface area contributed by atoms with Crippen LogP contribution in [0.1, 0.15) is 59.4 Å². The van der Waals surface area contributed by atoms with Gasteiger partial charge < -0.3 is 14.6 Å². The van der Waals surface area contributed by atoms with Crippen LogP contribution in [0.15, 0.2) is 66.7 Å². The van der Waals surface area contributed by atoms with E-state index in [1.807, 2.05) is 6.07 Å². The van der Waals surface area contributed by atoms with E-state index in [1.165, 1.54) is 16.6 Å². The number of aryl methyl sites for hydroxylation is 4. The number of aromatic nitrogens is 2. The number of amides is 1. The van der Waals surface area contributed by atoms with Gasteiger partial charge in [-0.05, 0) is 87.1 Å². The molecule has 3 aromatic carbocycles. The largest absolute Gasteiger partial charge is 0.493 e. The van der Waals surface area contributed by atoms with Crippen molar-refractivity contribution in [2.45, 2.75) is 58.9 Å². The minimum absolute atomic E-state index is 0.0779. The highest BCUT2D eigenvalue weighted by Crippen LogP contribution is 2.21. The van der Waals surface area contributed by atoms with Gasteiger partial charge in [-0.1, -0.05) is 48.4 Å². The Kier molecular flexibility index (Phi) is 9.61. The molecule has 4 rings (SSSR count). The Morgan fingerprint density at radius 3 is 2.68 bits per heavy atom. The van der Waals surface area contributed by atoms with Crippen molar-refractivity contribution in [1.29, 1.82) is 0 Å². The molecular formula is C31H36ClN3O2. The first-order chi connectivity index (χ1) is 18.0. The van der Waals surface area contributed by atoms with Gasteiger partial charge in [-0.25, -0.2) is 4.98 Å². The van der Waals surface area contributed by atoms with Crippen LogP contribution >= 0.6 is 11.6 Å². The van der Waals surface area contributed by atoms with Crippen LogP contribution in [0.4, 0.5) is 0 Å². The molecule has 5 nitrogen and oxygen atoms in total. The normalized spacial score (nSPS) is 11.1. The standard InChI is InChI=1S/C31H36ClN3O2/c1-23-16-17-24(2)29(21-23)37-20-9-8-19-35-28-14-6-5-13-27(28)34-30(35)15-4-3-7-18-33-31(36)25-11-10-12-26(32)22-25/h5-6,10-14,16-17,21-22H,3-4,7-9,15,18-20H2,1-2H3,(H,33,36). The highest BCUT2D eigenvalue weighted by atomic mass is 35.5. The molecule has 0 spiro atoms. The number of benzene rings is 3. The third-order valence-corrected chi connectivity index (χ3v) is 6.80. The Balaban J connectivity index is 1.23. The molecule has 0 saturated heterocycles. The average Bonchev–Trinajstić information content (AvgIpc) is 3.25. The molecular weight excluding hydrogens is 482 g/mol. The Morgan fingerprint density at radius 1 is 0.946 bits per heavy atom. The first-order valence-electron chi connectivity index (χ1n) is 13.2. The highest BCUT2D eigenvalue weighted by molar-refractivity contribution is 6.30. The van der Waals surface area contributed by atoms with Crippen LogP contribution in [0, 0.1) is 13.8 Å². The van der Waals surface area contributed by atoms with Crippen LogP contribution in [0.2, 0.25) is 5.02 Å². The Morgan fingerprint density at radius 2 is 1.81 bits per heavy atom. The third kappa shape index (κ3) is 7.59. The van der Waals surface area contributed by atoms with E-state index in [4.69, 9.17) is 21.3 Å². The summed E-state index contributed by atoms with van der Waals surface area (Å²) < 4.78 is 8.42. The van der Waals surface area contributed by atoms with Crippen molar-refractivity contribution in [2.24, 2.45) is 0 Å². The number of hydrogen-bond donors (Lipinski definition) is 1. The lowest BCUT2D eigenvalue weighted by Gasteiger charge is -2.12. The monoisotopic (exact) mass is 517 g/mol. The van der Waals surface area contributed by atoms with Gasteiger partial charge in [0.1, 0.15) is 11.6 Å². The van der Waals surface area contributed by atoms with Gasteiger partial charge in [0.05, 0.1) is 17.6 Å². The number of fused-ring (bicyclic) bond motifs is 1. The quantitative estimate of drug-likeness (QED) is 0.189. The fourth-order valence-electron chi connectivity index (χ4n) is 4.50. The number of para-hydroxylation sites is 2. The number of unbranched alkanes of at least 4 members (excludes halogenated alkanes) is 3. The van der Waals surface area contributed by atoms with E-state index < -0.39 is 0 Å². The molecule has 0 unspecified atom stereocenters. The zero-order valence-electron chi connectivity index (χ0n) is 21.8. The first kappa shape index (κ1) is 26.7. The zero-order valence-corrected chi connectivity index (χ0v) is 22.6. The van der Waals surface area contributed by atoms with E-state index in [1.54, 1.807) is 24.3 Å². The number of halogens is 1. The fraction of sp³-hybridized carbons (Fsp3) is 0.355. The summed E-state index contributed by atoms with van der Waals surface area (Å²) in [6.45, 7) is 6.48. The van der Waals surface area contributed by atoms with Crippen LogP contribution in [0.5, 0.6) is 5.75 Å². The number of ether oxygens (including phenoxy) is 1. The molecule has 0 atom stereocenters. The topological polar surface area (TPSA) is 56.1 Å². The van der Waals surface area contributed by atoms with Crippen molar-refractivity contribution >= 4 is 28.5 Å². The predicted molar refractivity (Wildman–Crippen MR) is 152 cm³/mol. The number of rotatable bonds is 13. The summed E-state index contributed by atoms with van der Waals surface area (Å²) in [5.41, 5.74) is 5.25. The van der Waals surface area contributed by atoms with Crippen molar-refractivity contribution in [3.8, 4) is 5.75 Å². The summed E-state index contributed by atoms with van der Waals surface area (Å²) in [6, 6.07) is 21.7. The molecule has 0 radical (unpaired) electrons. The van der Waals surface area contributed by atoms with E-state index in [0.29, 0.717) is 23.7 Å². The van der Waals surface area contributed by atoms with Gasteiger partial charge in [-0.3, -0.25) is 4.79 Å². The van der Waals surface area contributed by atoms with Crippen molar-refractivity contribution in [2.75, 3.05) is 13.2 Å². The molecule has 194 valence electrons. The van der Waals surface area contributed by atoms with E-state index in [9.17, 15) is 4.79 Å². The van der Waals surface area contributed by atoms with Crippen molar-refractivity contribution in [3.63, 3.8) is 0 Å². The van der Waals surface area contributed by atoms with Crippen LogP contribution in [-0.4, -0.2) is 28.6 Å². The van der Waals surface area contributed by atoms with Crippen molar-refractivity contribution in [3.05, 3.63) is 94.3 Å². The molecule has 37 heavy (non-hydrogen) atoms. The smallest absolute Gasteiger partial charge is 0.251 e. The average molecular weight is 518 g/mol. The van der Waals surface area contributed by atoms with E-state index >= 15 is 0 Å². The van der Waals surface area contributed by atoms with E-state index in [0.717, 1.165) is 62.2 Å². The van der Waals surface area contributed by atoms with Crippen LogP contribution < -0.4 is 10.1 Å². The lowest BCUT2D eigenvalue weighted by Crippen LogP contribution is -2.24. The molecule has 1 heterocycles. The van der Waals surface area contributed by atoms with Gasteiger partial charge in [0.25, 0.3) is 5.91 Å². The van der Waals surface area contributed by atoms with Gasteiger partial charge in [-0.15, -0.1) is 0 Å². The number of carbonyl (C=O) groups excluding carboxylic acids is 1. The fourth-order valence-corrected chi connectivity index (χ4v) is 4.69. The molecule has 0 fully saturated rings. The lowest BCUT2D eigenvalue weighted by atomic mass is 10.1. The molecule has 0 aliphatic rings. The number of imidazole rings is 1. The van der Waals surface area contributed by atoms with E-state index in [2.05, 4.69) is 60.1 Å². The van der Waals surface area contributed by atoms with Crippen molar-refractivity contribution in [1.82, 2.24) is 14.9 Å². The Labute approximate surface area is 224 Å². The molecule has 0 aliphatic carbocycles. The van der Waals surface area contributed by atoms with Crippen LogP contribution in [0.3, 0.4) is 0 Å². The van der Waals surface area contributed by atoms with Crippen molar-refractivity contribution < 1.29 is 9.53 Å². The molecule has 0 bridgehead atoms. The van der Waals surface area contributed by atoms with Gasteiger partial charge in [0.2, 0.25) is 0 Å². The summed E-state index contributed by atoms with van der Waals surface area (Å²) in [6.07, 6.45) is 5.95. The van der Waals surface area contributed by atoms with Gasteiger partial charge in [0.15, 0.2) is 0 Å². The lowest BCUT2D eigenvalue weighted by molar-refractivity contribution is 0.0953. The summed E-state index contributed by atoms with van der Waals surface area (Å²) >= 11 is 5.98.